The minimum absolute atomic E-state index is 0.0417. The number of quaternary nitrogens is 1. The van der Waals surface area contributed by atoms with Gasteiger partial charge in [0.25, 0.3) is 0 Å². The Morgan fingerprint density at radius 3 is 1.86 bits per heavy atom. The summed E-state index contributed by atoms with van der Waals surface area (Å²) in [7, 11) is 3.43. The second kappa shape index (κ2) is 22.9. The van der Waals surface area contributed by atoms with Crippen molar-refractivity contribution in [2.45, 2.75) is 103 Å². The fourth-order valence-corrected chi connectivity index (χ4v) is 4.24. The lowest BCUT2D eigenvalue weighted by Gasteiger charge is -2.24. The summed E-state index contributed by atoms with van der Waals surface area (Å²) in [6, 6.07) is 0. The monoisotopic (exact) mass is 522 g/mol. The van der Waals surface area contributed by atoms with E-state index >= 15 is 0 Å². The molecule has 8 heteroatoms. The van der Waals surface area contributed by atoms with Crippen molar-refractivity contribution < 1.29 is 32.5 Å². The molecule has 0 aliphatic rings. The standard InChI is InChI=1S/C27H56NO6P/c1-6-7-8-9-10-11-12-13-14-15-16-17-18-19-20-21-23-32-25-27(31-5)26-34-35(29,30)33-24-22-28(2,3)4/h15-16,27H,6-14,17-26H2,1-5H3/p+1/b16-15+. The van der Waals surface area contributed by atoms with E-state index in [1.807, 2.05) is 21.1 Å². The van der Waals surface area contributed by atoms with Crippen LogP contribution in [0.25, 0.3) is 0 Å². The first kappa shape index (κ1) is 34.7. The number of hydrogen-bond donors (Lipinski definition) is 1. The molecule has 210 valence electrons. The van der Waals surface area contributed by atoms with Gasteiger partial charge in [0.2, 0.25) is 0 Å². The van der Waals surface area contributed by atoms with Crippen LogP contribution < -0.4 is 0 Å². The number of ether oxygens (including phenoxy) is 2. The highest BCUT2D eigenvalue weighted by Gasteiger charge is 2.24. The fraction of sp³-hybridized carbons (Fsp3) is 0.926. The molecular weight excluding hydrogens is 465 g/mol. The van der Waals surface area contributed by atoms with E-state index in [4.69, 9.17) is 18.5 Å². The maximum Gasteiger partial charge on any atom is 0.472 e. The van der Waals surface area contributed by atoms with E-state index in [1.165, 1.54) is 77.0 Å². The predicted molar refractivity (Wildman–Crippen MR) is 146 cm³/mol. The highest BCUT2D eigenvalue weighted by molar-refractivity contribution is 7.47. The minimum atomic E-state index is -4.08. The van der Waals surface area contributed by atoms with Gasteiger partial charge in [-0.3, -0.25) is 9.05 Å². The third-order valence-electron chi connectivity index (χ3n) is 5.88. The van der Waals surface area contributed by atoms with Gasteiger partial charge in [-0.1, -0.05) is 76.9 Å². The van der Waals surface area contributed by atoms with Crippen LogP contribution in [0.4, 0.5) is 0 Å². The summed E-state index contributed by atoms with van der Waals surface area (Å²) in [6.45, 7) is 3.98. The Labute approximate surface area is 216 Å². The van der Waals surface area contributed by atoms with Gasteiger partial charge in [-0.05, 0) is 32.1 Å². The average Bonchev–Trinajstić information content (AvgIpc) is 2.79. The number of likely N-dealkylation sites (N-methyl/N-ethyl adjacent to an activating group) is 1. The number of unbranched alkanes of at least 4 members (excludes halogenated alkanes) is 12. The van der Waals surface area contributed by atoms with Crippen molar-refractivity contribution in [2.24, 2.45) is 0 Å². The summed E-state index contributed by atoms with van der Waals surface area (Å²) in [6.07, 6.45) is 22.3. The molecule has 0 aliphatic carbocycles. The quantitative estimate of drug-likeness (QED) is 0.0577. The Morgan fingerprint density at radius 1 is 0.771 bits per heavy atom. The van der Waals surface area contributed by atoms with Gasteiger partial charge < -0.3 is 18.9 Å². The lowest BCUT2D eigenvalue weighted by molar-refractivity contribution is -0.870. The number of nitrogens with zero attached hydrogens (tertiary/aromatic N) is 1. The molecule has 0 rings (SSSR count). The largest absolute Gasteiger partial charge is 0.472 e. The predicted octanol–water partition coefficient (Wildman–Crippen LogP) is 6.90. The molecule has 0 spiro atoms. The van der Waals surface area contributed by atoms with Crippen molar-refractivity contribution in [1.82, 2.24) is 0 Å². The van der Waals surface area contributed by atoms with Crippen molar-refractivity contribution in [3.8, 4) is 0 Å². The summed E-state index contributed by atoms with van der Waals surface area (Å²) < 4.78 is 33.6. The molecule has 0 radical (unpaired) electrons. The number of allylic oxidation sites excluding steroid dienone is 2. The van der Waals surface area contributed by atoms with Crippen LogP contribution >= 0.6 is 7.82 Å². The van der Waals surface area contributed by atoms with Crippen LogP contribution in [0.15, 0.2) is 12.2 Å². The molecule has 0 heterocycles. The van der Waals surface area contributed by atoms with E-state index in [-0.39, 0.29) is 13.2 Å². The van der Waals surface area contributed by atoms with Crippen LogP contribution in [0, 0.1) is 0 Å². The molecule has 0 aromatic carbocycles. The minimum Gasteiger partial charge on any atom is -0.379 e. The van der Waals surface area contributed by atoms with Gasteiger partial charge in [0, 0.05) is 13.7 Å². The first-order valence-electron chi connectivity index (χ1n) is 13.9. The maximum atomic E-state index is 12.0. The maximum absolute atomic E-state index is 12.0. The van der Waals surface area contributed by atoms with Gasteiger partial charge in [0.1, 0.15) is 19.3 Å². The smallest absolute Gasteiger partial charge is 0.379 e. The van der Waals surface area contributed by atoms with E-state index < -0.39 is 13.9 Å². The Balaban J connectivity index is 3.56. The lowest BCUT2D eigenvalue weighted by atomic mass is 10.1. The van der Waals surface area contributed by atoms with E-state index in [2.05, 4.69) is 19.1 Å². The van der Waals surface area contributed by atoms with Crippen LogP contribution in [0.3, 0.4) is 0 Å². The first-order valence-corrected chi connectivity index (χ1v) is 15.4. The van der Waals surface area contributed by atoms with Crippen LogP contribution in [0.5, 0.6) is 0 Å². The third-order valence-corrected chi connectivity index (χ3v) is 6.86. The van der Waals surface area contributed by atoms with E-state index in [9.17, 15) is 9.46 Å². The highest BCUT2D eigenvalue weighted by Crippen LogP contribution is 2.43. The van der Waals surface area contributed by atoms with Gasteiger partial charge >= 0.3 is 7.82 Å². The van der Waals surface area contributed by atoms with Gasteiger partial charge in [0.15, 0.2) is 0 Å². The topological polar surface area (TPSA) is 74.2 Å². The molecule has 0 aromatic heterocycles. The number of hydrogen-bond acceptors (Lipinski definition) is 5. The summed E-state index contributed by atoms with van der Waals surface area (Å²) in [5.41, 5.74) is 0. The average molecular weight is 523 g/mol. The second-order valence-corrected chi connectivity index (χ2v) is 11.9. The molecule has 0 bridgehead atoms. The van der Waals surface area contributed by atoms with Crippen LogP contribution in [-0.2, 0) is 23.1 Å². The van der Waals surface area contributed by atoms with E-state index in [1.54, 1.807) is 7.11 Å². The molecular formula is C27H57NO6P+. The van der Waals surface area contributed by atoms with Gasteiger partial charge in [-0.15, -0.1) is 0 Å². The van der Waals surface area contributed by atoms with Gasteiger partial charge in [-0.25, -0.2) is 4.57 Å². The normalized spacial score (nSPS) is 15.0. The van der Waals surface area contributed by atoms with Crippen LogP contribution in [0.2, 0.25) is 0 Å². The Kier molecular flexibility index (Phi) is 22.7. The molecule has 0 aliphatic heterocycles. The first-order chi connectivity index (χ1) is 16.7. The Bertz CT molecular complexity index is 538. The molecule has 1 N–H and O–H groups in total. The SMILES string of the molecule is CCCCCCCCCC/C=C/CCCCCCOCC(COP(=O)(O)OCC[N+](C)(C)C)OC. The molecule has 35 heavy (non-hydrogen) atoms. The zero-order valence-corrected chi connectivity index (χ0v) is 24.4. The molecule has 0 saturated heterocycles. The van der Waals surface area contributed by atoms with Crippen molar-refractivity contribution >= 4 is 7.82 Å². The van der Waals surface area contributed by atoms with E-state index in [0.717, 1.165) is 12.8 Å². The number of phosphoric acid groups is 1. The van der Waals surface area contributed by atoms with Crippen LogP contribution in [-0.4, -0.2) is 76.7 Å². The van der Waals surface area contributed by atoms with Gasteiger partial charge in [0.05, 0.1) is 34.4 Å². The van der Waals surface area contributed by atoms with Crippen molar-refractivity contribution in [3.63, 3.8) is 0 Å². The van der Waals surface area contributed by atoms with Crippen LogP contribution in [0.1, 0.15) is 96.8 Å². The zero-order chi connectivity index (χ0) is 26.3. The van der Waals surface area contributed by atoms with E-state index in [0.29, 0.717) is 24.2 Å². The Hall–Kier alpha value is -0.270. The summed E-state index contributed by atoms with van der Waals surface area (Å²) in [4.78, 5) is 9.79. The molecule has 0 saturated carbocycles. The summed E-state index contributed by atoms with van der Waals surface area (Å²) in [5, 5.41) is 0. The molecule has 0 fully saturated rings. The van der Waals surface area contributed by atoms with Crippen molar-refractivity contribution in [3.05, 3.63) is 12.2 Å². The molecule has 7 nitrogen and oxygen atoms in total. The lowest BCUT2D eigenvalue weighted by Crippen LogP contribution is -2.37. The highest BCUT2D eigenvalue weighted by atomic mass is 31.2. The van der Waals surface area contributed by atoms with Crippen molar-refractivity contribution in [2.75, 3.05) is 61.2 Å². The number of phosphoric ester groups is 1. The van der Waals surface area contributed by atoms with Crippen molar-refractivity contribution in [1.29, 1.82) is 0 Å². The fourth-order valence-electron chi connectivity index (χ4n) is 3.50. The summed E-state index contributed by atoms with van der Waals surface area (Å²) >= 11 is 0. The number of rotatable bonds is 26. The molecule has 2 atom stereocenters. The number of methoxy groups -OCH3 is 1. The Morgan fingerprint density at radius 2 is 1.31 bits per heavy atom. The second-order valence-electron chi connectivity index (χ2n) is 10.5. The molecule has 0 aromatic rings. The third kappa shape index (κ3) is 26.6. The summed E-state index contributed by atoms with van der Waals surface area (Å²) in [5.74, 6) is 0. The molecule has 0 amide bonds. The zero-order valence-electron chi connectivity index (χ0n) is 23.5. The molecule has 2 unspecified atom stereocenters. The van der Waals surface area contributed by atoms with Gasteiger partial charge in [-0.2, -0.15) is 0 Å².